The quantitative estimate of drug-likeness (QED) is 0.508. The molecule has 0 aromatic rings. The van der Waals surface area contributed by atoms with Crippen LogP contribution in [0.25, 0.3) is 0 Å². The molecule has 0 aromatic heterocycles. The van der Waals surface area contributed by atoms with Gasteiger partial charge in [0.1, 0.15) is 0 Å². The van der Waals surface area contributed by atoms with Crippen LogP contribution in [0.3, 0.4) is 0 Å². The lowest BCUT2D eigenvalue weighted by molar-refractivity contribution is -0.109. The third-order valence-corrected chi connectivity index (χ3v) is 2.14. The number of fused-ring (bicyclic) bond motifs is 1. The number of hydrogen-bond acceptors (Lipinski definition) is 3. The van der Waals surface area contributed by atoms with Crippen molar-refractivity contribution in [3.63, 3.8) is 0 Å². The minimum Gasteiger partial charge on any atom is -0.380 e. The Balaban J connectivity index is 1.83. The highest BCUT2D eigenvalue weighted by Crippen LogP contribution is 2.16. The van der Waals surface area contributed by atoms with Crippen molar-refractivity contribution >= 4 is 0 Å². The molecule has 2 unspecified atom stereocenters. The second-order valence-corrected chi connectivity index (χ2v) is 2.83. The zero-order chi connectivity index (χ0) is 6.81. The molecule has 2 rings (SSSR count). The molecular weight excluding hydrogens is 130 g/mol. The van der Waals surface area contributed by atoms with Crippen molar-refractivity contribution < 1.29 is 9.47 Å². The van der Waals surface area contributed by atoms with E-state index in [-0.39, 0.29) is 0 Å². The molecule has 0 amide bonds. The first-order chi connectivity index (χ1) is 4.97. The lowest BCUT2D eigenvalue weighted by atomic mass is 10.0. The molecule has 2 saturated heterocycles. The molecule has 2 heterocycles. The molecule has 0 spiro atoms. The van der Waals surface area contributed by atoms with Gasteiger partial charge in [0.05, 0.1) is 25.4 Å². The molecule has 0 bridgehead atoms. The number of nitrogens with one attached hydrogen (secondary N) is 1. The summed E-state index contributed by atoms with van der Waals surface area (Å²) in [6.07, 6.45) is 1.48. The van der Waals surface area contributed by atoms with Crippen molar-refractivity contribution in [2.45, 2.75) is 18.6 Å². The molecule has 2 atom stereocenters. The topological polar surface area (TPSA) is 30.5 Å². The van der Waals surface area contributed by atoms with Gasteiger partial charge in [0.15, 0.2) is 0 Å². The number of rotatable bonds is 0. The summed E-state index contributed by atoms with van der Waals surface area (Å²) in [5, 5.41) is 3.37. The van der Waals surface area contributed by atoms with Crippen LogP contribution in [-0.4, -0.2) is 38.5 Å². The Morgan fingerprint density at radius 2 is 2.30 bits per heavy atom. The first-order valence-electron chi connectivity index (χ1n) is 3.89. The van der Waals surface area contributed by atoms with Gasteiger partial charge in [0.25, 0.3) is 0 Å². The van der Waals surface area contributed by atoms with E-state index in [0.29, 0.717) is 12.1 Å². The summed E-state index contributed by atoms with van der Waals surface area (Å²) in [6.45, 7) is 3.58. The monoisotopic (exact) mass is 143 g/mol. The molecule has 0 saturated carbocycles. The molecule has 3 heteroatoms. The van der Waals surface area contributed by atoms with Crippen LogP contribution in [0.4, 0.5) is 0 Å². The molecule has 0 radical (unpaired) electrons. The van der Waals surface area contributed by atoms with Crippen molar-refractivity contribution in [2.24, 2.45) is 0 Å². The Bertz CT molecular complexity index is 104. The van der Waals surface area contributed by atoms with Crippen molar-refractivity contribution in [3.05, 3.63) is 0 Å². The van der Waals surface area contributed by atoms with Gasteiger partial charge < -0.3 is 14.8 Å². The van der Waals surface area contributed by atoms with Gasteiger partial charge in [0, 0.05) is 13.2 Å². The first-order valence-corrected chi connectivity index (χ1v) is 3.89. The Hall–Kier alpha value is -0.120. The summed E-state index contributed by atoms with van der Waals surface area (Å²) in [5.74, 6) is 0. The van der Waals surface area contributed by atoms with Gasteiger partial charge in [-0.05, 0) is 6.42 Å². The molecule has 1 N–H and O–H groups in total. The normalized spacial score (nSPS) is 40.8. The number of ether oxygens (including phenoxy) is 2. The van der Waals surface area contributed by atoms with Gasteiger partial charge in [-0.1, -0.05) is 0 Å². The van der Waals surface area contributed by atoms with E-state index in [9.17, 15) is 0 Å². The molecule has 0 aromatic carbocycles. The molecule has 0 aliphatic carbocycles. The average molecular weight is 143 g/mol. The van der Waals surface area contributed by atoms with Crippen LogP contribution in [0.2, 0.25) is 0 Å². The summed E-state index contributed by atoms with van der Waals surface area (Å²) in [7, 11) is 0. The highest BCUT2D eigenvalue weighted by Gasteiger charge is 2.31. The van der Waals surface area contributed by atoms with Crippen molar-refractivity contribution in [2.75, 3.05) is 26.4 Å². The zero-order valence-electron chi connectivity index (χ0n) is 6.01. The third-order valence-electron chi connectivity index (χ3n) is 2.14. The smallest absolute Gasteiger partial charge is 0.0773 e. The number of hydrogen-bond donors (Lipinski definition) is 1. The van der Waals surface area contributed by atoms with Crippen molar-refractivity contribution in [3.8, 4) is 0 Å². The van der Waals surface area contributed by atoms with Crippen LogP contribution >= 0.6 is 0 Å². The lowest BCUT2D eigenvalue weighted by Gasteiger charge is -2.38. The maximum atomic E-state index is 5.33. The zero-order valence-corrected chi connectivity index (χ0v) is 6.01. The van der Waals surface area contributed by atoms with E-state index >= 15 is 0 Å². The van der Waals surface area contributed by atoms with Gasteiger partial charge in [-0.2, -0.15) is 0 Å². The maximum absolute atomic E-state index is 5.33. The highest BCUT2D eigenvalue weighted by molar-refractivity contribution is 4.85. The fourth-order valence-electron chi connectivity index (χ4n) is 1.42. The summed E-state index contributed by atoms with van der Waals surface area (Å²) in [5.41, 5.74) is 0. The van der Waals surface area contributed by atoms with Gasteiger partial charge in [-0.3, -0.25) is 0 Å². The lowest BCUT2D eigenvalue weighted by Crippen LogP contribution is -2.56. The van der Waals surface area contributed by atoms with E-state index in [1.807, 2.05) is 0 Å². The third kappa shape index (κ3) is 1.17. The summed E-state index contributed by atoms with van der Waals surface area (Å²) in [6, 6.07) is 0.615. The van der Waals surface area contributed by atoms with Crippen LogP contribution in [0.15, 0.2) is 0 Å². The fraction of sp³-hybridized carbons (Fsp3) is 1.00. The Morgan fingerprint density at radius 1 is 1.30 bits per heavy atom. The second kappa shape index (κ2) is 2.86. The van der Waals surface area contributed by atoms with Gasteiger partial charge in [-0.15, -0.1) is 0 Å². The van der Waals surface area contributed by atoms with E-state index in [2.05, 4.69) is 5.32 Å². The van der Waals surface area contributed by atoms with E-state index < -0.39 is 0 Å². The minimum atomic E-state index is 0.431. The van der Waals surface area contributed by atoms with Gasteiger partial charge in [-0.25, -0.2) is 0 Å². The van der Waals surface area contributed by atoms with E-state index in [1.165, 1.54) is 0 Å². The average Bonchev–Trinajstić information content (AvgIpc) is 1.89. The van der Waals surface area contributed by atoms with Gasteiger partial charge >= 0.3 is 0 Å². The molecule has 10 heavy (non-hydrogen) atoms. The second-order valence-electron chi connectivity index (χ2n) is 2.83. The molecule has 58 valence electrons. The SMILES string of the molecule is C1COCCC2OCC2N1. The highest BCUT2D eigenvalue weighted by atomic mass is 16.5. The largest absolute Gasteiger partial charge is 0.380 e. The Labute approximate surface area is 60.7 Å². The van der Waals surface area contributed by atoms with Crippen LogP contribution in [0, 0.1) is 0 Å². The molecule has 2 aliphatic rings. The Kier molecular flexibility index (Phi) is 1.88. The minimum absolute atomic E-state index is 0.431. The van der Waals surface area contributed by atoms with E-state index in [0.717, 1.165) is 32.8 Å². The fourth-order valence-corrected chi connectivity index (χ4v) is 1.42. The standard InChI is InChI=1S/C7H13NO2/c1-3-9-4-2-8-6-5-10-7(1)6/h6-8H,1-5H2. The first kappa shape index (κ1) is 6.58. The van der Waals surface area contributed by atoms with E-state index in [1.54, 1.807) is 0 Å². The summed E-state index contributed by atoms with van der Waals surface area (Å²) < 4.78 is 10.6. The van der Waals surface area contributed by atoms with E-state index in [4.69, 9.17) is 9.47 Å². The molecule has 2 aliphatic heterocycles. The van der Waals surface area contributed by atoms with Crippen molar-refractivity contribution in [1.29, 1.82) is 0 Å². The summed E-state index contributed by atoms with van der Waals surface area (Å²) >= 11 is 0. The van der Waals surface area contributed by atoms with Crippen molar-refractivity contribution in [1.82, 2.24) is 5.32 Å². The van der Waals surface area contributed by atoms with Crippen LogP contribution in [0.5, 0.6) is 0 Å². The molecular formula is C7H13NO2. The summed E-state index contributed by atoms with van der Waals surface area (Å²) in [4.78, 5) is 0. The van der Waals surface area contributed by atoms with Crippen LogP contribution in [0.1, 0.15) is 6.42 Å². The van der Waals surface area contributed by atoms with Crippen LogP contribution < -0.4 is 5.32 Å². The Morgan fingerprint density at radius 3 is 3.10 bits per heavy atom. The predicted molar refractivity (Wildman–Crippen MR) is 37.0 cm³/mol. The van der Waals surface area contributed by atoms with Gasteiger partial charge in [0.2, 0.25) is 0 Å². The van der Waals surface area contributed by atoms with Crippen LogP contribution in [-0.2, 0) is 9.47 Å². The maximum Gasteiger partial charge on any atom is 0.0773 e. The molecule has 2 fully saturated rings. The molecule has 3 nitrogen and oxygen atoms in total. The predicted octanol–water partition coefficient (Wildman–Crippen LogP) is -0.236.